The maximum absolute atomic E-state index is 11.6. The molecule has 5 fully saturated rings. The van der Waals surface area contributed by atoms with Crippen molar-refractivity contribution in [2.45, 2.75) is 89.4 Å². The Balaban J connectivity index is 1.40. The summed E-state index contributed by atoms with van der Waals surface area (Å²) in [6, 6.07) is 0.349. The lowest BCUT2D eigenvalue weighted by atomic mass is 9.44. The van der Waals surface area contributed by atoms with Gasteiger partial charge in [0.2, 0.25) is 0 Å². The number of aliphatic hydroxyl groups excluding tert-OH is 1. The summed E-state index contributed by atoms with van der Waals surface area (Å²) in [5, 5.41) is 23.1. The average molecular weight is 391 g/mol. The lowest BCUT2D eigenvalue weighted by Crippen LogP contribution is -2.61. The first-order chi connectivity index (χ1) is 13.3. The predicted molar refractivity (Wildman–Crippen MR) is 112 cm³/mol. The maximum atomic E-state index is 11.6. The van der Waals surface area contributed by atoms with E-state index >= 15 is 0 Å². The third kappa shape index (κ3) is 2.63. The van der Waals surface area contributed by atoms with E-state index in [2.05, 4.69) is 30.7 Å². The van der Waals surface area contributed by atoms with Gasteiger partial charge < -0.3 is 15.1 Å². The van der Waals surface area contributed by atoms with Crippen molar-refractivity contribution in [1.82, 2.24) is 9.80 Å². The minimum Gasteiger partial charge on any atom is -0.391 e. The lowest BCUT2D eigenvalue weighted by molar-refractivity contribution is -0.206. The van der Waals surface area contributed by atoms with Crippen LogP contribution in [0.3, 0.4) is 0 Å². The summed E-state index contributed by atoms with van der Waals surface area (Å²) in [5.41, 5.74) is -0.240. The standard InChI is InChI=1S/C24H42N2O2/c1-22-10-7-18-17(6-11-24(28)9-5-4-8-23(18,24)2)19(22)16-20(21(22)27)26-14-12-25(3)13-15-26/h17-21,27-28H,4-16H2,1-3H3/t17-,18+,19+,20+,21+,22+,23-,24+/m1/s1. The van der Waals surface area contributed by atoms with Gasteiger partial charge in [-0.15, -0.1) is 0 Å². The second-order valence-corrected chi connectivity index (χ2v) is 11.7. The molecule has 2 N–H and O–H groups in total. The monoisotopic (exact) mass is 390 g/mol. The number of nitrogens with zero attached hydrogens (tertiary/aromatic N) is 2. The zero-order valence-corrected chi connectivity index (χ0v) is 18.4. The number of fused-ring (bicyclic) bond motifs is 5. The molecule has 160 valence electrons. The van der Waals surface area contributed by atoms with Crippen molar-refractivity contribution >= 4 is 0 Å². The van der Waals surface area contributed by atoms with Gasteiger partial charge >= 0.3 is 0 Å². The molecule has 1 aliphatic heterocycles. The second kappa shape index (κ2) is 6.67. The van der Waals surface area contributed by atoms with Gasteiger partial charge in [0.25, 0.3) is 0 Å². The summed E-state index contributed by atoms with van der Waals surface area (Å²) in [5.74, 6) is 1.99. The molecule has 0 unspecified atom stereocenters. The normalized spacial score (nSPS) is 55.4. The fraction of sp³-hybridized carbons (Fsp3) is 1.00. The number of hydrogen-bond donors (Lipinski definition) is 2. The third-order valence-corrected chi connectivity index (χ3v) is 10.7. The van der Waals surface area contributed by atoms with Crippen LogP contribution in [0.2, 0.25) is 0 Å². The Morgan fingerprint density at radius 3 is 2.32 bits per heavy atom. The molecule has 28 heavy (non-hydrogen) atoms. The minimum atomic E-state index is -0.422. The van der Waals surface area contributed by atoms with Gasteiger partial charge in [-0.1, -0.05) is 26.7 Å². The van der Waals surface area contributed by atoms with E-state index in [1.54, 1.807) is 0 Å². The molecule has 0 aromatic heterocycles. The fourth-order valence-corrected chi connectivity index (χ4v) is 8.75. The molecule has 4 heteroatoms. The van der Waals surface area contributed by atoms with Gasteiger partial charge in [-0.2, -0.15) is 0 Å². The molecule has 4 aliphatic carbocycles. The van der Waals surface area contributed by atoms with E-state index in [9.17, 15) is 10.2 Å². The Hall–Kier alpha value is -0.160. The van der Waals surface area contributed by atoms with Gasteiger partial charge in [-0.25, -0.2) is 0 Å². The molecule has 5 rings (SSSR count). The molecule has 0 amide bonds. The molecule has 0 spiro atoms. The van der Waals surface area contributed by atoms with E-state index in [0.717, 1.165) is 45.4 Å². The summed E-state index contributed by atoms with van der Waals surface area (Å²) in [7, 11) is 2.21. The van der Waals surface area contributed by atoms with Crippen LogP contribution in [0.5, 0.6) is 0 Å². The molecule has 5 aliphatic rings. The van der Waals surface area contributed by atoms with E-state index in [-0.39, 0.29) is 16.9 Å². The summed E-state index contributed by atoms with van der Waals surface area (Å²) in [6.45, 7) is 9.29. The number of hydrogen-bond acceptors (Lipinski definition) is 4. The first-order valence-corrected chi connectivity index (χ1v) is 12.1. The Morgan fingerprint density at radius 2 is 1.57 bits per heavy atom. The largest absolute Gasteiger partial charge is 0.391 e. The zero-order chi connectivity index (χ0) is 19.7. The lowest BCUT2D eigenvalue weighted by Gasteiger charge is -2.63. The minimum absolute atomic E-state index is 0.0790. The number of likely N-dealkylation sites (N-methyl/N-ethyl adjacent to an activating group) is 1. The average Bonchev–Trinajstić information content (AvgIpc) is 2.94. The van der Waals surface area contributed by atoms with E-state index < -0.39 is 5.60 Å². The maximum Gasteiger partial charge on any atom is 0.0751 e. The van der Waals surface area contributed by atoms with E-state index in [0.29, 0.717) is 23.8 Å². The summed E-state index contributed by atoms with van der Waals surface area (Å²) in [4.78, 5) is 5.01. The first-order valence-electron chi connectivity index (χ1n) is 12.1. The molecule has 4 saturated carbocycles. The van der Waals surface area contributed by atoms with Crippen molar-refractivity contribution in [2.24, 2.45) is 28.6 Å². The molecule has 8 atom stereocenters. The van der Waals surface area contributed by atoms with Crippen molar-refractivity contribution in [3.05, 3.63) is 0 Å². The number of piperazine rings is 1. The molecular formula is C24H42N2O2. The van der Waals surface area contributed by atoms with Crippen LogP contribution in [0.4, 0.5) is 0 Å². The van der Waals surface area contributed by atoms with Gasteiger partial charge in [-0.3, -0.25) is 4.90 Å². The molecular weight excluding hydrogens is 348 g/mol. The smallest absolute Gasteiger partial charge is 0.0751 e. The fourth-order valence-electron chi connectivity index (χ4n) is 8.75. The van der Waals surface area contributed by atoms with Crippen LogP contribution < -0.4 is 0 Å². The van der Waals surface area contributed by atoms with Crippen LogP contribution in [0, 0.1) is 28.6 Å². The van der Waals surface area contributed by atoms with Crippen LogP contribution in [-0.2, 0) is 0 Å². The van der Waals surface area contributed by atoms with Crippen LogP contribution in [-0.4, -0.2) is 71.0 Å². The Kier molecular flexibility index (Phi) is 4.71. The van der Waals surface area contributed by atoms with Crippen molar-refractivity contribution in [2.75, 3.05) is 33.2 Å². The van der Waals surface area contributed by atoms with Crippen LogP contribution in [0.1, 0.15) is 71.6 Å². The number of aliphatic hydroxyl groups is 2. The molecule has 1 saturated heterocycles. The highest BCUT2D eigenvalue weighted by atomic mass is 16.3. The highest BCUT2D eigenvalue weighted by Crippen LogP contribution is 2.67. The van der Waals surface area contributed by atoms with Crippen molar-refractivity contribution in [3.63, 3.8) is 0 Å². The highest BCUT2D eigenvalue weighted by Gasteiger charge is 2.65. The quantitative estimate of drug-likeness (QED) is 0.722. The molecule has 0 aromatic carbocycles. The van der Waals surface area contributed by atoms with Gasteiger partial charge in [0.15, 0.2) is 0 Å². The molecule has 0 radical (unpaired) electrons. The number of rotatable bonds is 1. The second-order valence-electron chi connectivity index (χ2n) is 11.7. The molecule has 4 nitrogen and oxygen atoms in total. The predicted octanol–water partition coefficient (Wildman–Crippen LogP) is 3.12. The molecule has 0 aromatic rings. The zero-order valence-electron chi connectivity index (χ0n) is 18.4. The molecule has 1 heterocycles. The van der Waals surface area contributed by atoms with Crippen LogP contribution in [0.25, 0.3) is 0 Å². The SMILES string of the molecule is CN1CCN([C@H]2C[C@H]3[C@@H]4CC[C@@]5(O)CCCC[C@]5(C)[C@H]4CC[C@]3(C)[C@H]2O)CC1. The Bertz CT molecular complexity index is 605. The van der Waals surface area contributed by atoms with E-state index in [1.165, 1.54) is 38.5 Å². The Morgan fingerprint density at radius 1 is 0.857 bits per heavy atom. The third-order valence-electron chi connectivity index (χ3n) is 10.7. The van der Waals surface area contributed by atoms with Crippen molar-refractivity contribution in [3.8, 4) is 0 Å². The van der Waals surface area contributed by atoms with Crippen molar-refractivity contribution in [1.29, 1.82) is 0 Å². The van der Waals surface area contributed by atoms with E-state index in [4.69, 9.17) is 0 Å². The summed E-state index contributed by atoms with van der Waals surface area (Å²) >= 11 is 0. The summed E-state index contributed by atoms with van der Waals surface area (Å²) in [6.07, 6.45) is 10.2. The highest BCUT2D eigenvalue weighted by molar-refractivity contribution is 5.15. The van der Waals surface area contributed by atoms with Gasteiger partial charge in [0.05, 0.1) is 11.7 Å². The van der Waals surface area contributed by atoms with Gasteiger partial charge in [-0.05, 0) is 80.6 Å². The molecule has 0 bridgehead atoms. The van der Waals surface area contributed by atoms with E-state index in [1.807, 2.05) is 0 Å². The van der Waals surface area contributed by atoms with Crippen LogP contribution >= 0.6 is 0 Å². The van der Waals surface area contributed by atoms with Gasteiger partial charge in [0.1, 0.15) is 0 Å². The Labute approximate surface area is 171 Å². The summed E-state index contributed by atoms with van der Waals surface area (Å²) < 4.78 is 0. The van der Waals surface area contributed by atoms with Crippen LogP contribution in [0.15, 0.2) is 0 Å². The first kappa shape index (κ1) is 19.8. The van der Waals surface area contributed by atoms with Crippen molar-refractivity contribution < 1.29 is 10.2 Å². The topological polar surface area (TPSA) is 46.9 Å². The van der Waals surface area contributed by atoms with Gasteiger partial charge in [0, 0.05) is 32.2 Å².